The van der Waals surface area contributed by atoms with Crippen LogP contribution in [0.1, 0.15) is 24.8 Å². The van der Waals surface area contributed by atoms with E-state index in [2.05, 4.69) is 10.6 Å². The van der Waals surface area contributed by atoms with Gasteiger partial charge in [-0.15, -0.1) is 0 Å². The molecule has 0 bridgehead atoms. The number of nitrogens with one attached hydrogen (secondary N) is 2. The molecule has 2 atom stereocenters. The standard InChI is InChI=1S/C17H25FN4O/c18-15-9-12(1-4-16(15)22-7-5-20-6-8-22)11-21-17(23)13-2-3-14(19)10-13/h1,4,9,13-14,20H,2-3,5-8,10-11,19H2,(H,21,23)/t13-,14+/m1/s1. The smallest absolute Gasteiger partial charge is 0.223 e. The van der Waals surface area contributed by atoms with Crippen molar-refractivity contribution in [3.8, 4) is 0 Å². The van der Waals surface area contributed by atoms with Crippen LogP contribution in [0.2, 0.25) is 0 Å². The van der Waals surface area contributed by atoms with Crippen LogP contribution in [0.4, 0.5) is 10.1 Å². The molecule has 1 aliphatic carbocycles. The number of nitrogens with zero attached hydrogens (tertiary/aromatic N) is 1. The summed E-state index contributed by atoms with van der Waals surface area (Å²) >= 11 is 0. The molecule has 3 rings (SSSR count). The summed E-state index contributed by atoms with van der Waals surface area (Å²) in [6, 6.07) is 5.37. The highest BCUT2D eigenvalue weighted by Gasteiger charge is 2.27. The largest absolute Gasteiger partial charge is 0.367 e. The number of carbonyl (C=O) groups excluding carboxylic acids is 1. The van der Waals surface area contributed by atoms with Crippen molar-refractivity contribution < 1.29 is 9.18 Å². The second kappa shape index (κ2) is 7.27. The quantitative estimate of drug-likeness (QED) is 0.773. The maximum absolute atomic E-state index is 14.3. The molecule has 0 unspecified atom stereocenters. The van der Waals surface area contributed by atoms with E-state index < -0.39 is 0 Å². The molecule has 5 nitrogen and oxygen atoms in total. The molecule has 4 N–H and O–H groups in total. The summed E-state index contributed by atoms with van der Waals surface area (Å²) in [5, 5.41) is 6.16. The molecule has 0 radical (unpaired) electrons. The molecule has 2 aliphatic rings. The summed E-state index contributed by atoms with van der Waals surface area (Å²) in [6.07, 6.45) is 2.51. The Labute approximate surface area is 136 Å². The summed E-state index contributed by atoms with van der Waals surface area (Å²) in [4.78, 5) is 14.1. The lowest BCUT2D eigenvalue weighted by atomic mass is 10.1. The first-order chi connectivity index (χ1) is 11.1. The van der Waals surface area contributed by atoms with Crippen molar-refractivity contribution >= 4 is 11.6 Å². The lowest BCUT2D eigenvalue weighted by Crippen LogP contribution is -2.43. The molecule has 1 aromatic rings. The Morgan fingerprint density at radius 1 is 1.35 bits per heavy atom. The molecule has 1 saturated heterocycles. The van der Waals surface area contributed by atoms with Crippen LogP contribution in [0, 0.1) is 11.7 Å². The van der Waals surface area contributed by atoms with Crippen molar-refractivity contribution in [2.75, 3.05) is 31.1 Å². The van der Waals surface area contributed by atoms with Crippen LogP contribution in [0.3, 0.4) is 0 Å². The van der Waals surface area contributed by atoms with E-state index in [0.717, 1.165) is 51.0 Å². The lowest BCUT2D eigenvalue weighted by Gasteiger charge is -2.29. The number of anilines is 1. The second-order valence-electron chi connectivity index (χ2n) is 6.51. The number of halogens is 1. The zero-order chi connectivity index (χ0) is 16.2. The number of benzene rings is 1. The highest BCUT2D eigenvalue weighted by molar-refractivity contribution is 5.79. The predicted octanol–water partition coefficient (Wildman–Crippen LogP) is 0.979. The molecule has 6 heteroatoms. The van der Waals surface area contributed by atoms with E-state index >= 15 is 0 Å². The van der Waals surface area contributed by atoms with E-state index in [4.69, 9.17) is 5.73 Å². The summed E-state index contributed by atoms with van der Waals surface area (Å²) in [6.45, 7) is 3.74. The van der Waals surface area contributed by atoms with Crippen LogP contribution in [-0.4, -0.2) is 38.1 Å². The summed E-state index contributed by atoms with van der Waals surface area (Å²) in [7, 11) is 0. The average Bonchev–Trinajstić information content (AvgIpc) is 3.00. The zero-order valence-electron chi connectivity index (χ0n) is 13.4. The first kappa shape index (κ1) is 16.2. The zero-order valence-corrected chi connectivity index (χ0v) is 13.4. The molecule has 1 heterocycles. The first-order valence-corrected chi connectivity index (χ1v) is 8.41. The highest BCUT2D eigenvalue weighted by Crippen LogP contribution is 2.24. The van der Waals surface area contributed by atoms with Crippen molar-refractivity contribution in [3.63, 3.8) is 0 Å². The van der Waals surface area contributed by atoms with Crippen LogP contribution >= 0.6 is 0 Å². The van der Waals surface area contributed by atoms with Crippen molar-refractivity contribution in [1.29, 1.82) is 0 Å². The monoisotopic (exact) mass is 320 g/mol. The van der Waals surface area contributed by atoms with Crippen LogP contribution in [0.15, 0.2) is 18.2 Å². The van der Waals surface area contributed by atoms with E-state index in [-0.39, 0.29) is 23.7 Å². The van der Waals surface area contributed by atoms with Gasteiger partial charge in [0.15, 0.2) is 0 Å². The molecule has 1 saturated carbocycles. The van der Waals surface area contributed by atoms with Gasteiger partial charge in [0.1, 0.15) is 5.82 Å². The number of rotatable bonds is 4. The Morgan fingerprint density at radius 3 is 2.78 bits per heavy atom. The predicted molar refractivity (Wildman–Crippen MR) is 88.6 cm³/mol. The number of hydrogen-bond acceptors (Lipinski definition) is 4. The van der Waals surface area contributed by atoms with E-state index in [1.807, 2.05) is 17.0 Å². The molecule has 1 aliphatic heterocycles. The summed E-state index contributed by atoms with van der Waals surface area (Å²) in [5.41, 5.74) is 7.27. The van der Waals surface area contributed by atoms with Crippen molar-refractivity contribution in [3.05, 3.63) is 29.6 Å². The fourth-order valence-electron chi connectivity index (χ4n) is 3.41. The van der Waals surface area contributed by atoms with Gasteiger partial charge in [-0.25, -0.2) is 4.39 Å². The van der Waals surface area contributed by atoms with E-state index in [1.165, 1.54) is 6.07 Å². The topological polar surface area (TPSA) is 70.4 Å². The minimum atomic E-state index is -0.221. The molecule has 1 aromatic carbocycles. The van der Waals surface area contributed by atoms with Gasteiger partial charge in [-0.1, -0.05) is 6.07 Å². The van der Waals surface area contributed by atoms with E-state index in [9.17, 15) is 9.18 Å². The van der Waals surface area contributed by atoms with Gasteiger partial charge in [0.2, 0.25) is 5.91 Å². The Kier molecular flexibility index (Phi) is 5.13. The van der Waals surface area contributed by atoms with Crippen LogP contribution in [0.5, 0.6) is 0 Å². The molecule has 0 aromatic heterocycles. The third-order valence-electron chi connectivity index (χ3n) is 4.78. The minimum absolute atomic E-state index is 0.00923. The number of nitrogens with two attached hydrogens (primary N) is 1. The first-order valence-electron chi connectivity index (χ1n) is 8.41. The Morgan fingerprint density at radius 2 is 2.13 bits per heavy atom. The Balaban J connectivity index is 1.56. The van der Waals surface area contributed by atoms with E-state index in [1.54, 1.807) is 0 Å². The number of carbonyl (C=O) groups is 1. The third-order valence-corrected chi connectivity index (χ3v) is 4.78. The van der Waals surface area contributed by atoms with Crippen LogP contribution in [-0.2, 0) is 11.3 Å². The van der Waals surface area contributed by atoms with Crippen molar-refractivity contribution in [2.45, 2.75) is 31.8 Å². The molecule has 2 fully saturated rings. The van der Waals surface area contributed by atoms with Crippen LogP contribution < -0.4 is 21.3 Å². The maximum Gasteiger partial charge on any atom is 0.223 e. The van der Waals surface area contributed by atoms with Crippen molar-refractivity contribution in [2.24, 2.45) is 11.7 Å². The van der Waals surface area contributed by atoms with Gasteiger partial charge < -0.3 is 21.3 Å². The molecule has 126 valence electrons. The molecule has 23 heavy (non-hydrogen) atoms. The molecular weight excluding hydrogens is 295 g/mol. The summed E-state index contributed by atoms with van der Waals surface area (Å²) < 4.78 is 14.3. The third kappa shape index (κ3) is 4.00. The second-order valence-corrected chi connectivity index (χ2v) is 6.51. The number of piperazine rings is 1. The Hall–Kier alpha value is -1.66. The van der Waals surface area contributed by atoms with Gasteiger partial charge in [-0.05, 0) is 37.0 Å². The number of amides is 1. The highest BCUT2D eigenvalue weighted by atomic mass is 19.1. The molecular formula is C17H25FN4O. The fraction of sp³-hybridized carbons (Fsp3) is 0.588. The molecule has 0 spiro atoms. The van der Waals surface area contributed by atoms with Gasteiger partial charge in [0, 0.05) is 44.7 Å². The lowest BCUT2D eigenvalue weighted by molar-refractivity contribution is -0.125. The average molecular weight is 320 g/mol. The van der Waals surface area contributed by atoms with Crippen LogP contribution in [0.25, 0.3) is 0 Å². The van der Waals surface area contributed by atoms with Gasteiger partial charge >= 0.3 is 0 Å². The normalized spacial score (nSPS) is 24.7. The van der Waals surface area contributed by atoms with E-state index in [0.29, 0.717) is 12.2 Å². The van der Waals surface area contributed by atoms with Gasteiger partial charge in [0.05, 0.1) is 5.69 Å². The SMILES string of the molecule is N[C@H]1CC[C@@H](C(=O)NCc2ccc(N3CCNCC3)c(F)c2)C1. The summed E-state index contributed by atoms with van der Waals surface area (Å²) in [5.74, 6) is -0.180. The number of hydrogen-bond donors (Lipinski definition) is 3. The maximum atomic E-state index is 14.3. The van der Waals surface area contributed by atoms with Crippen molar-refractivity contribution in [1.82, 2.24) is 10.6 Å². The Bertz CT molecular complexity index is 560. The fourth-order valence-corrected chi connectivity index (χ4v) is 3.41. The van der Waals surface area contributed by atoms with Gasteiger partial charge in [0.25, 0.3) is 0 Å². The molecule has 1 amide bonds. The van der Waals surface area contributed by atoms with Gasteiger partial charge in [-0.2, -0.15) is 0 Å². The van der Waals surface area contributed by atoms with Gasteiger partial charge in [-0.3, -0.25) is 4.79 Å². The minimum Gasteiger partial charge on any atom is -0.367 e.